The first-order valence-electron chi connectivity index (χ1n) is 17.2. The van der Waals surface area contributed by atoms with E-state index in [-0.39, 0.29) is 0 Å². The molecule has 0 aliphatic carbocycles. The average Bonchev–Trinajstić information content (AvgIpc) is 3.78. The molecule has 10 aromatic rings. The summed E-state index contributed by atoms with van der Waals surface area (Å²) in [5.41, 5.74) is 13.5. The van der Waals surface area contributed by atoms with E-state index >= 15 is 0 Å². The lowest BCUT2D eigenvalue weighted by atomic mass is 9.97. The van der Waals surface area contributed by atoms with Gasteiger partial charge in [0, 0.05) is 32.9 Å². The van der Waals surface area contributed by atoms with Gasteiger partial charge in [-0.05, 0) is 94.0 Å². The van der Waals surface area contributed by atoms with Gasteiger partial charge in [-0.25, -0.2) is 0 Å². The van der Waals surface area contributed by atoms with E-state index in [1.165, 1.54) is 0 Å². The molecule has 0 N–H and O–H groups in total. The zero-order valence-electron chi connectivity index (χ0n) is 27.7. The highest BCUT2D eigenvalue weighted by molar-refractivity contribution is 6.10. The lowest BCUT2D eigenvalue weighted by molar-refractivity contribution is 0.668. The van der Waals surface area contributed by atoms with E-state index in [4.69, 9.17) is 8.83 Å². The summed E-state index contributed by atoms with van der Waals surface area (Å²) in [6.07, 6.45) is 0. The standard InChI is InChI=1S/C48H31NO2/c1-3-12-32(13-4-1)36-28-37(33-14-5-2-6-15-33)30-39(29-36)49(44-19-11-18-42-40-16-7-10-21-46(40)51-48(42)44)38-25-22-34(23-26-38)35-24-27-47-43(31-35)41-17-8-9-20-45(41)50-47/h1-31H. The Kier molecular flexibility index (Phi) is 6.81. The fourth-order valence-corrected chi connectivity index (χ4v) is 7.38. The maximum absolute atomic E-state index is 6.65. The van der Waals surface area contributed by atoms with Crippen LogP contribution in [-0.2, 0) is 0 Å². The van der Waals surface area contributed by atoms with Gasteiger partial charge in [0.15, 0.2) is 5.58 Å². The number of nitrogens with zero attached hydrogens (tertiary/aromatic N) is 1. The first-order valence-corrected chi connectivity index (χ1v) is 17.2. The van der Waals surface area contributed by atoms with Crippen molar-refractivity contribution in [3.8, 4) is 33.4 Å². The minimum Gasteiger partial charge on any atom is -0.456 e. The van der Waals surface area contributed by atoms with Crippen molar-refractivity contribution in [2.45, 2.75) is 0 Å². The molecular formula is C48H31NO2. The Morgan fingerprint density at radius 3 is 1.51 bits per heavy atom. The second-order valence-electron chi connectivity index (χ2n) is 12.9. The molecule has 2 heterocycles. The summed E-state index contributed by atoms with van der Waals surface area (Å²) in [5.74, 6) is 0. The van der Waals surface area contributed by atoms with E-state index in [0.717, 1.165) is 94.3 Å². The highest BCUT2D eigenvalue weighted by Crippen LogP contribution is 2.45. The first-order chi connectivity index (χ1) is 25.3. The van der Waals surface area contributed by atoms with E-state index < -0.39 is 0 Å². The molecule has 0 saturated heterocycles. The lowest BCUT2D eigenvalue weighted by Gasteiger charge is -2.27. The van der Waals surface area contributed by atoms with Crippen LogP contribution in [0.15, 0.2) is 197 Å². The molecule has 0 saturated carbocycles. The van der Waals surface area contributed by atoms with Crippen LogP contribution in [0.2, 0.25) is 0 Å². The molecule has 0 bridgehead atoms. The summed E-state index contributed by atoms with van der Waals surface area (Å²) in [6.45, 7) is 0. The fraction of sp³-hybridized carbons (Fsp3) is 0. The van der Waals surface area contributed by atoms with E-state index in [1.54, 1.807) is 0 Å². The summed E-state index contributed by atoms with van der Waals surface area (Å²) < 4.78 is 12.8. The van der Waals surface area contributed by atoms with Crippen molar-refractivity contribution >= 4 is 60.9 Å². The number of rotatable bonds is 6. The largest absolute Gasteiger partial charge is 0.456 e. The van der Waals surface area contributed by atoms with Gasteiger partial charge in [-0.2, -0.15) is 0 Å². The van der Waals surface area contributed by atoms with Gasteiger partial charge in [-0.15, -0.1) is 0 Å². The van der Waals surface area contributed by atoms with Crippen LogP contribution in [0.25, 0.3) is 77.3 Å². The van der Waals surface area contributed by atoms with Crippen molar-refractivity contribution in [2.75, 3.05) is 4.90 Å². The number of hydrogen-bond acceptors (Lipinski definition) is 3. The van der Waals surface area contributed by atoms with Crippen molar-refractivity contribution in [1.29, 1.82) is 0 Å². The van der Waals surface area contributed by atoms with Crippen LogP contribution in [0.1, 0.15) is 0 Å². The highest BCUT2D eigenvalue weighted by Gasteiger charge is 2.21. The SMILES string of the molecule is c1ccc(-c2cc(-c3ccccc3)cc(N(c3ccc(-c4ccc5oc6ccccc6c5c4)cc3)c3cccc4c3oc3ccccc34)c2)cc1. The second-order valence-corrected chi connectivity index (χ2v) is 12.9. The monoisotopic (exact) mass is 653 g/mol. The number of furan rings is 2. The smallest absolute Gasteiger partial charge is 0.159 e. The van der Waals surface area contributed by atoms with Gasteiger partial charge in [0.05, 0.1) is 5.69 Å². The Morgan fingerprint density at radius 2 is 0.824 bits per heavy atom. The molecule has 0 atom stereocenters. The third kappa shape index (κ3) is 5.06. The molecule has 240 valence electrons. The molecule has 2 aromatic heterocycles. The van der Waals surface area contributed by atoms with Crippen LogP contribution in [-0.4, -0.2) is 0 Å². The van der Waals surface area contributed by atoms with Crippen molar-refractivity contribution in [3.63, 3.8) is 0 Å². The number of para-hydroxylation sites is 3. The predicted octanol–water partition coefficient (Wildman–Crippen LogP) is 14.0. The summed E-state index contributed by atoms with van der Waals surface area (Å²) in [6, 6.07) is 66.3. The van der Waals surface area contributed by atoms with Crippen LogP contribution in [0.3, 0.4) is 0 Å². The van der Waals surface area contributed by atoms with Crippen molar-refractivity contribution in [3.05, 3.63) is 188 Å². The summed E-state index contributed by atoms with van der Waals surface area (Å²) >= 11 is 0. The molecule has 0 unspecified atom stereocenters. The average molecular weight is 654 g/mol. The molecular weight excluding hydrogens is 623 g/mol. The maximum Gasteiger partial charge on any atom is 0.159 e. The third-order valence-corrected chi connectivity index (χ3v) is 9.85. The van der Waals surface area contributed by atoms with Gasteiger partial charge >= 0.3 is 0 Å². The van der Waals surface area contributed by atoms with Gasteiger partial charge < -0.3 is 13.7 Å². The molecule has 0 radical (unpaired) electrons. The van der Waals surface area contributed by atoms with E-state index in [1.807, 2.05) is 24.3 Å². The minimum absolute atomic E-state index is 0.853. The zero-order valence-corrected chi connectivity index (χ0v) is 27.7. The summed E-state index contributed by atoms with van der Waals surface area (Å²) in [5, 5.41) is 4.45. The fourth-order valence-electron chi connectivity index (χ4n) is 7.38. The van der Waals surface area contributed by atoms with Crippen LogP contribution < -0.4 is 4.90 Å². The molecule has 8 aromatic carbocycles. The van der Waals surface area contributed by atoms with Gasteiger partial charge in [-0.1, -0.05) is 127 Å². The molecule has 3 heteroatoms. The minimum atomic E-state index is 0.853. The second kappa shape index (κ2) is 11.9. The van der Waals surface area contributed by atoms with Crippen LogP contribution in [0.5, 0.6) is 0 Å². The lowest BCUT2D eigenvalue weighted by Crippen LogP contribution is -2.10. The van der Waals surface area contributed by atoms with Gasteiger partial charge in [0.2, 0.25) is 0 Å². The van der Waals surface area contributed by atoms with Crippen molar-refractivity contribution in [1.82, 2.24) is 0 Å². The van der Waals surface area contributed by atoms with Gasteiger partial charge in [0.25, 0.3) is 0 Å². The molecule has 0 aliphatic heterocycles. The van der Waals surface area contributed by atoms with E-state index in [2.05, 4.69) is 169 Å². The van der Waals surface area contributed by atoms with Gasteiger partial charge in [-0.3, -0.25) is 0 Å². The summed E-state index contributed by atoms with van der Waals surface area (Å²) in [7, 11) is 0. The maximum atomic E-state index is 6.65. The Labute approximate surface area is 295 Å². The van der Waals surface area contributed by atoms with Crippen LogP contribution >= 0.6 is 0 Å². The van der Waals surface area contributed by atoms with Crippen molar-refractivity contribution in [2.24, 2.45) is 0 Å². The molecule has 51 heavy (non-hydrogen) atoms. The van der Waals surface area contributed by atoms with E-state index in [9.17, 15) is 0 Å². The molecule has 0 aliphatic rings. The molecule has 3 nitrogen and oxygen atoms in total. The molecule has 0 fully saturated rings. The molecule has 0 amide bonds. The van der Waals surface area contributed by atoms with Crippen molar-refractivity contribution < 1.29 is 8.83 Å². The van der Waals surface area contributed by atoms with Gasteiger partial charge in [0.1, 0.15) is 16.7 Å². The number of benzene rings is 8. The number of fused-ring (bicyclic) bond motifs is 6. The number of anilines is 3. The Morgan fingerprint density at radius 1 is 0.294 bits per heavy atom. The summed E-state index contributed by atoms with van der Waals surface area (Å²) in [4.78, 5) is 2.33. The molecule has 10 rings (SSSR count). The predicted molar refractivity (Wildman–Crippen MR) is 212 cm³/mol. The van der Waals surface area contributed by atoms with Crippen LogP contribution in [0.4, 0.5) is 17.1 Å². The highest BCUT2D eigenvalue weighted by atomic mass is 16.3. The third-order valence-electron chi connectivity index (χ3n) is 9.85. The number of hydrogen-bond donors (Lipinski definition) is 0. The van der Waals surface area contributed by atoms with E-state index in [0.29, 0.717) is 0 Å². The van der Waals surface area contributed by atoms with Crippen LogP contribution in [0, 0.1) is 0 Å². The Balaban J connectivity index is 1.17. The topological polar surface area (TPSA) is 29.5 Å². The Bertz CT molecular complexity index is 2790. The first kappa shape index (κ1) is 29.1. The Hall–Kier alpha value is -6.84. The normalized spacial score (nSPS) is 11.5. The quantitative estimate of drug-likeness (QED) is 0.179. The zero-order chi connectivity index (χ0) is 33.7. The molecule has 0 spiro atoms.